The van der Waals surface area contributed by atoms with Gasteiger partial charge in [0.25, 0.3) is 0 Å². The van der Waals surface area contributed by atoms with E-state index in [2.05, 4.69) is 45.0 Å². The molecule has 0 atom stereocenters. The van der Waals surface area contributed by atoms with E-state index in [1.54, 1.807) is 0 Å². The van der Waals surface area contributed by atoms with Crippen LogP contribution in [0, 0.1) is 12.8 Å². The van der Waals surface area contributed by atoms with Crippen LogP contribution in [0.4, 0.5) is 0 Å². The van der Waals surface area contributed by atoms with E-state index < -0.39 is 0 Å². The van der Waals surface area contributed by atoms with Crippen LogP contribution in [0.2, 0.25) is 0 Å². The standard InChI is InChI=1S/C11H14/c1-9(2)8-11-6-4-10(3)5-7-11/h4-7H,3,8H2,1-2H3. The molecular weight excluding hydrogens is 132 g/mol. The fourth-order valence-electron chi connectivity index (χ4n) is 1.07. The highest BCUT2D eigenvalue weighted by atomic mass is 14.0. The summed E-state index contributed by atoms with van der Waals surface area (Å²) in [6.45, 7) is 8.14. The predicted octanol–water partition coefficient (Wildman–Crippen LogP) is 3.03. The minimum atomic E-state index is 1.08. The van der Waals surface area contributed by atoms with Gasteiger partial charge in [0.2, 0.25) is 0 Å². The molecule has 0 nitrogen and oxygen atoms in total. The van der Waals surface area contributed by atoms with Gasteiger partial charge < -0.3 is 0 Å². The molecule has 0 saturated carbocycles. The molecule has 0 heterocycles. The van der Waals surface area contributed by atoms with Gasteiger partial charge in [0, 0.05) is 0 Å². The molecular formula is C11H14. The van der Waals surface area contributed by atoms with E-state index >= 15 is 0 Å². The fraction of sp³-hybridized carbons (Fsp3) is 0.273. The van der Waals surface area contributed by atoms with Crippen molar-refractivity contribution >= 4 is 0 Å². The van der Waals surface area contributed by atoms with Crippen LogP contribution in [-0.4, -0.2) is 0 Å². The van der Waals surface area contributed by atoms with Crippen molar-refractivity contribution in [3.63, 3.8) is 0 Å². The summed E-state index contributed by atoms with van der Waals surface area (Å²) < 4.78 is 0. The third-order valence-electron chi connectivity index (χ3n) is 1.58. The summed E-state index contributed by atoms with van der Waals surface area (Å²) in [7, 11) is 0. The maximum atomic E-state index is 3.83. The molecule has 0 unspecified atom stereocenters. The van der Waals surface area contributed by atoms with Crippen LogP contribution in [0.1, 0.15) is 25.0 Å². The summed E-state index contributed by atoms with van der Waals surface area (Å²) in [5.74, 6) is 1.45. The molecule has 0 spiro atoms. The Bertz CT molecular complexity index is 206. The number of hydrogen-bond acceptors (Lipinski definition) is 0. The van der Waals surface area contributed by atoms with E-state index in [1.807, 2.05) is 0 Å². The quantitative estimate of drug-likeness (QED) is 0.601. The van der Waals surface area contributed by atoms with Crippen LogP contribution < -0.4 is 0 Å². The summed E-state index contributed by atoms with van der Waals surface area (Å²) in [6, 6.07) is 8.38. The topological polar surface area (TPSA) is 0 Å². The lowest BCUT2D eigenvalue weighted by Gasteiger charge is -2.03. The van der Waals surface area contributed by atoms with E-state index in [1.165, 1.54) is 11.5 Å². The first-order chi connectivity index (χ1) is 5.18. The molecule has 0 amide bonds. The Morgan fingerprint density at radius 1 is 1.18 bits per heavy atom. The van der Waals surface area contributed by atoms with Crippen LogP contribution in [0.25, 0.3) is 0 Å². The van der Waals surface area contributed by atoms with Gasteiger partial charge >= 0.3 is 0 Å². The first-order valence-electron chi connectivity index (χ1n) is 3.88. The van der Waals surface area contributed by atoms with Crippen molar-refractivity contribution in [1.29, 1.82) is 0 Å². The average Bonchev–Trinajstić information content (AvgIpc) is 1.93. The second kappa shape index (κ2) is 3.56. The zero-order valence-electron chi connectivity index (χ0n) is 7.22. The molecule has 0 saturated heterocycles. The normalized spacial score (nSPS) is 10.5. The Labute approximate surface area is 69.3 Å². The first-order valence-corrected chi connectivity index (χ1v) is 3.88. The third kappa shape index (κ3) is 2.75. The maximum absolute atomic E-state index is 3.83. The first kappa shape index (κ1) is 8.32. The highest BCUT2D eigenvalue weighted by Crippen LogP contribution is 2.09. The lowest BCUT2D eigenvalue weighted by Crippen LogP contribution is -1.90. The second-order valence-corrected chi connectivity index (χ2v) is 3.20. The van der Waals surface area contributed by atoms with E-state index in [0.717, 1.165) is 12.0 Å². The van der Waals surface area contributed by atoms with Gasteiger partial charge in [-0.25, -0.2) is 0 Å². The van der Waals surface area contributed by atoms with Gasteiger partial charge in [-0.1, -0.05) is 38.1 Å². The van der Waals surface area contributed by atoms with Gasteiger partial charge in [-0.2, -0.15) is 0 Å². The molecule has 58 valence electrons. The summed E-state index contributed by atoms with van der Waals surface area (Å²) in [4.78, 5) is 0. The number of rotatable bonds is 2. The second-order valence-electron chi connectivity index (χ2n) is 3.20. The zero-order chi connectivity index (χ0) is 8.27. The van der Waals surface area contributed by atoms with Crippen molar-refractivity contribution in [2.45, 2.75) is 20.3 Å². The number of benzene rings is 1. The summed E-state index contributed by atoms with van der Waals surface area (Å²) in [5.41, 5.74) is 2.46. The molecule has 1 aromatic rings. The van der Waals surface area contributed by atoms with Gasteiger partial charge in [-0.05, 0) is 30.4 Å². The highest BCUT2D eigenvalue weighted by Gasteiger charge is 1.96. The Hall–Kier alpha value is -0.780. The Morgan fingerprint density at radius 2 is 1.73 bits per heavy atom. The van der Waals surface area contributed by atoms with Gasteiger partial charge in [-0.3, -0.25) is 0 Å². The van der Waals surface area contributed by atoms with Crippen molar-refractivity contribution in [2.75, 3.05) is 0 Å². The Balaban J connectivity index is 2.66. The molecule has 0 aliphatic rings. The van der Waals surface area contributed by atoms with Crippen molar-refractivity contribution in [1.82, 2.24) is 0 Å². The monoisotopic (exact) mass is 146 g/mol. The van der Waals surface area contributed by atoms with E-state index in [-0.39, 0.29) is 0 Å². The maximum Gasteiger partial charge on any atom is -0.0222 e. The van der Waals surface area contributed by atoms with Crippen LogP contribution in [0.3, 0.4) is 0 Å². The molecule has 0 aromatic heterocycles. The van der Waals surface area contributed by atoms with Gasteiger partial charge in [0.15, 0.2) is 0 Å². The molecule has 11 heavy (non-hydrogen) atoms. The van der Waals surface area contributed by atoms with Crippen molar-refractivity contribution in [3.05, 3.63) is 48.2 Å². The summed E-state index contributed by atoms with van der Waals surface area (Å²) in [5, 5.41) is 0. The van der Waals surface area contributed by atoms with Gasteiger partial charge in [-0.15, -0.1) is 0 Å². The lowest BCUT2D eigenvalue weighted by molar-refractivity contribution is 0.956. The Morgan fingerprint density at radius 3 is 2.18 bits per heavy atom. The zero-order valence-corrected chi connectivity index (χ0v) is 7.22. The molecule has 1 rings (SSSR count). The van der Waals surface area contributed by atoms with Crippen LogP contribution >= 0.6 is 0 Å². The van der Waals surface area contributed by atoms with Crippen LogP contribution in [0.15, 0.2) is 24.3 Å². The van der Waals surface area contributed by atoms with Crippen LogP contribution in [0.5, 0.6) is 0 Å². The average molecular weight is 146 g/mol. The van der Waals surface area contributed by atoms with Gasteiger partial charge in [0.05, 0.1) is 0 Å². The molecule has 0 fully saturated rings. The number of hydrogen-bond donors (Lipinski definition) is 0. The van der Waals surface area contributed by atoms with Crippen LogP contribution in [-0.2, 0) is 6.42 Å². The van der Waals surface area contributed by atoms with Crippen molar-refractivity contribution < 1.29 is 0 Å². The van der Waals surface area contributed by atoms with E-state index in [9.17, 15) is 0 Å². The SMILES string of the molecule is [CH2]c1ccc(C[C](C)C)cc1. The van der Waals surface area contributed by atoms with Crippen molar-refractivity contribution in [3.8, 4) is 0 Å². The lowest BCUT2D eigenvalue weighted by atomic mass is 10.0. The van der Waals surface area contributed by atoms with Crippen molar-refractivity contribution in [2.24, 2.45) is 0 Å². The Kier molecular flexibility index (Phi) is 2.70. The fourth-order valence-corrected chi connectivity index (χ4v) is 1.07. The highest BCUT2D eigenvalue weighted by molar-refractivity contribution is 5.25. The molecule has 0 aliphatic carbocycles. The van der Waals surface area contributed by atoms with Gasteiger partial charge in [0.1, 0.15) is 0 Å². The largest absolute Gasteiger partial charge is 0.0591 e. The molecule has 0 heteroatoms. The third-order valence-corrected chi connectivity index (χ3v) is 1.58. The molecule has 0 N–H and O–H groups in total. The predicted molar refractivity (Wildman–Crippen MR) is 49.2 cm³/mol. The summed E-state index contributed by atoms with van der Waals surface area (Å²) >= 11 is 0. The minimum Gasteiger partial charge on any atom is -0.0591 e. The van der Waals surface area contributed by atoms with E-state index in [4.69, 9.17) is 0 Å². The molecule has 0 aliphatic heterocycles. The minimum absolute atomic E-state index is 1.08. The molecule has 2 radical (unpaired) electrons. The van der Waals surface area contributed by atoms with E-state index in [0.29, 0.717) is 0 Å². The molecule has 1 aromatic carbocycles. The summed E-state index contributed by atoms with van der Waals surface area (Å²) in [6.07, 6.45) is 1.08. The smallest absolute Gasteiger partial charge is 0.0222 e. The molecule has 0 bridgehead atoms.